The Bertz CT molecular complexity index is 1630. The van der Waals surface area contributed by atoms with Crippen molar-refractivity contribution >= 4 is 53.0 Å². The van der Waals surface area contributed by atoms with Gasteiger partial charge < -0.3 is 25.0 Å². The van der Waals surface area contributed by atoms with Crippen LogP contribution >= 0.6 is 11.3 Å². The first-order valence-electron chi connectivity index (χ1n) is 15.4. The minimum atomic E-state index is -1.17. The summed E-state index contributed by atoms with van der Waals surface area (Å²) in [4.78, 5) is 63.8. The zero-order chi connectivity index (χ0) is 31.6. The lowest BCUT2D eigenvalue weighted by Gasteiger charge is -2.29. The lowest BCUT2D eigenvalue weighted by Crippen LogP contribution is -2.56. The average Bonchev–Trinajstić information content (AvgIpc) is 3.32. The van der Waals surface area contributed by atoms with Gasteiger partial charge in [-0.3, -0.25) is 19.4 Å². The number of allylic oxidation sites excluding steroid dienone is 1. The monoisotopic (exact) mass is 629 g/mol. The number of hydrogen-bond acceptors (Lipinski definition) is 9. The molecule has 2 N–H and O–H groups in total. The van der Waals surface area contributed by atoms with Crippen LogP contribution in [0.5, 0.6) is 5.75 Å². The Hall–Kier alpha value is -4.26. The van der Waals surface area contributed by atoms with Crippen molar-refractivity contribution in [3.05, 3.63) is 54.1 Å². The van der Waals surface area contributed by atoms with Crippen LogP contribution < -0.4 is 15.4 Å². The lowest BCUT2D eigenvalue weighted by atomic mass is 10.0. The van der Waals surface area contributed by atoms with Crippen LogP contribution in [0.2, 0.25) is 0 Å². The molecule has 0 spiro atoms. The van der Waals surface area contributed by atoms with Gasteiger partial charge in [-0.2, -0.15) is 0 Å². The number of hydrogen-bond donors (Lipinski definition) is 2. The molecule has 5 atom stereocenters. The van der Waals surface area contributed by atoms with Crippen molar-refractivity contribution in [1.29, 1.82) is 0 Å². The number of thiophene rings is 1. The Morgan fingerprint density at radius 2 is 2.04 bits per heavy atom. The molecule has 3 aromatic rings. The van der Waals surface area contributed by atoms with E-state index in [9.17, 15) is 19.2 Å². The third kappa shape index (κ3) is 6.44. The molecule has 11 nitrogen and oxygen atoms in total. The average molecular weight is 630 g/mol. The number of aromatic nitrogens is 2. The molecular weight excluding hydrogens is 593 g/mol. The summed E-state index contributed by atoms with van der Waals surface area (Å²) in [5, 5.41) is 7.71. The number of rotatable bonds is 5. The molecule has 1 saturated carbocycles. The van der Waals surface area contributed by atoms with Crippen molar-refractivity contribution in [1.82, 2.24) is 25.5 Å². The van der Waals surface area contributed by atoms with Crippen LogP contribution in [0.1, 0.15) is 44.9 Å². The van der Waals surface area contributed by atoms with Gasteiger partial charge in [0.25, 0.3) is 0 Å². The molecule has 45 heavy (non-hydrogen) atoms. The maximum absolute atomic E-state index is 14.1. The highest BCUT2D eigenvalue weighted by Crippen LogP contribution is 2.46. The van der Waals surface area contributed by atoms with E-state index in [0.717, 1.165) is 35.9 Å². The van der Waals surface area contributed by atoms with Crippen LogP contribution in [0, 0.1) is 5.92 Å². The van der Waals surface area contributed by atoms with E-state index < -0.39 is 35.6 Å². The summed E-state index contributed by atoms with van der Waals surface area (Å²) >= 11 is 1.50. The van der Waals surface area contributed by atoms with Gasteiger partial charge in [-0.25, -0.2) is 9.78 Å². The third-order valence-electron chi connectivity index (χ3n) is 8.76. The SMILES string of the molecule is BC(=O)N[C@H]1CCCCC/C=C\[C@@H]2C[C@@]2(C(=O)OC)NC(=O)[C@@H]2C[C@@H](Oc3cc(-c4ccccn4)nc4ccsc34)CN2C1=O. The highest BCUT2D eigenvalue weighted by molar-refractivity contribution is 7.17. The summed E-state index contributed by atoms with van der Waals surface area (Å²) in [6.07, 6.45) is 9.65. The minimum Gasteiger partial charge on any atom is -0.487 e. The molecule has 6 rings (SSSR count). The number of pyridine rings is 2. The fourth-order valence-electron chi connectivity index (χ4n) is 6.40. The van der Waals surface area contributed by atoms with Crippen LogP contribution in [0.3, 0.4) is 0 Å². The molecule has 2 fully saturated rings. The molecule has 1 aliphatic carbocycles. The van der Waals surface area contributed by atoms with Crippen molar-refractivity contribution in [2.45, 2.75) is 68.7 Å². The highest BCUT2D eigenvalue weighted by Gasteiger charge is 2.62. The van der Waals surface area contributed by atoms with E-state index in [-0.39, 0.29) is 30.6 Å². The standard InChI is InChI=1S/C32H36BN5O6S/c1-43-30(41)32-17-19(32)9-5-3-2-4-6-11-23(36-31(33)42)29(40)38-18-20(15-25(38)28(39)37-32)44-26-16-24(21-10-7-8-13-34-21)35-22-12-14-45-27(22)26/h5,7-10,12-14,16,19-20,23,25H,2-4,6,11,15,17-18,33H2,1H3,(H,36,42)(H,37,39)/b9-5-/t19-,20-,23+,25+,32-/m1/s1. The minimum absolute atomic E-state index is 0.135. The van der Waals surface area contributed by atoms with E-state index in [4.69, 9.17) is 14.5 Å². The number of methoxy groups -OCH3 is 1. The maximum atomic E-state index is 14.1. The second-order valence-corrected chi connectivity index (χ2v) is 12.8. The van der Waals surface area contributed by atoms with Gasteiger partial charge in [0.2, 0.25) is 19.7 Å². The number of carbonyl (C=O) groups excluding carboxylic acids is 4. The quantitative estimate of drug-likeness (QED) is 0.250. The number of esters is 1. The Kier molecular flexibility index (Phi) is 8.89. The van der Waals surface area contributed by atoms with Gasteiger partial charge in [-0.1, -0.05) is 31.1 Å². The topological polar surface area (TPSA) is 140 Å². The zero-order valence-corrected chi connectivity index (χ0v) is 26.2. The van der Waals surface area contributed by atoms with E-state index in [1.807, 2.05) is 47.9 Å². The Morgan fingerprint density at radius 3 is 2.82 bits per heavy atom. The van der Waals surface area contributed by atoms with Gasteiger partial charge in [-0.15, -0.1) is 11.3 Å². The van der Waals surface area contributed by atoms with Crippen molar-refractivity contribution in [2.75, 3.05) is 13.7 Å². The van der Waals surface area contributed by atoms with Crippen molar-refractivity contribution in [3.8, 4) is 17.1 Å². The Labute approximate surface area is 266 Å². The molecule has 0 aromatic carbocycles. The van der Waals surface area contributed by atoms with E-state index in [2.05, 4.69) is 15.6 Å². The molecule has 13 heteroatoms. The molecule has 0 unspecified atom stereocenters. The fraction of sp³-hybridized carbons (Fsp3) is 0.438. The highest BCUT2D eigenvalue weighted by atomic mass is 32.1. The van der Waals surface area contributed by atoms with E-state index in [1.54, 1.807) is 6.20 Å². The van der Waals surface area contributed by atoms with Gasteiger partial charge in [0, 0.05) is 24.6 Å². The molecule has 234 valence electrons. The molecule has 3 amide bonds. The van der Waals surface area contributed by atoms with E-state index in [1.165, 1.54) is 31.2 Å². The van der Waals surface area contributed by atoms with Gasteiger partial charge in [0.05, 0.1) is 35.3 Å². The molecule has 5 heterocycles. The predicted molar refractivity (Wildman–Crippen MR) is 171 cm³/mol. The molecule has 2 aliphatic heterocycles. The van der Waals surface area contributed by atoms with Crippen molar-refractivity contribution in [3.63, 3.8) is 0 Å². The van der Waals surface area contributed by atoms with Gasteiger partial charge in [0.15, 0.2) is 5.81 Å². The van der Waals surface area contributed by atoms with Crippen LogP contribution in [0.15, 0.2) is 54.1 Å². The van der Waals surface area contributed by atoms with Gasteiger partial charge >= 0.3 is 5.97 Å². The Morgan fingerprint density at radius 1 is 1.18 bits per heavy atom. The summed E-state index contributed by atoms with van der Waals surface area (Å²) in [5.74, 6) is -1.20. The smallest absolute Gasteiger partial charge is 0.332 e. The van der Waals surface area contributed by atoms with Crippen molar-refractivity contribution < 1.29 is 28.7 Å². The van der Waals surface area contributed by atoms with Crippen LogP contribution in [-0.2, 0) is 19.1 Å². The lowest BCUT2D eigenvalue weighted by molar-refractivity contribution is -0.148. The van der Waals surface area contributed by atoms with Crippen LogP contribution in [0.25, 0.3) is 21.6 Å². The number of fused-ring (bicyclic) bond motifs is 3. The number of nitrogens with zero attached hydrogens (tertiary/aromatic N) is 3. The second kappa shape index (κ2) is 13.0. The number of ether oxygens (including phenoxy) is 2. The number of amides is 3. The zero-order valence-electron chi connectivity index (χ0n) is 25.4. The van der Waals surface area contributed by atoms with E-state index >= 15 is 0 Å². The second-order valence-electron chi connectivity index (χ2n) is 11.9. The normalized spacial score (nSPS) is 27.7. The first kappa shape index (κ1) is 30.8. The fourth-order valence-corrected chi connectivity index (χ4v) is 7.19. The van der Waals surface area contributed by atoms with Crippen molar-refractivity contribution in [2.24, 2.45) is 5.92 Å². The molecule has 1 saturated heterocycles. The molecule has 3 aliphatic rings. The molecular formula is C32H36BN5O6S. The summed E-state index contributed by atoms with van der Waals surface area (Å²) in [6.45, 7) is 0.135. The summed E-state index contributed by atoms with van der Waals surface area (Å²) < 4.78 is 12.5. The Balaban J connectivity index is 1.32. The van der Waals surface area contributed by atoms with Crippen LogP contribution in [0.4, 0.5) is 4.79 Å². The summed E-state index contributed by atoms with van der Waals surface area (Å²) in [7, 11) is 2.69. The first-order chi connectivity index (χ1) is 21.8. The number of carbonyl (C=O) groups is 4. The van der Waals surface area contributed by atoms with Gasteiger partial charge in [0.1, 0.15) is 29.5 Å². The summed E-state index contributed by atoms with van der Waals surface area (Å²) in [5.41, 5.74) is 0.942. The third-order valence-corrected chi connectivity index (χ3v) is 9.68. The summed E-state index contributed by atoms with van der Waals surface area (Å²) in [6, 6.07) is 7.67. The van der Waals surface area contributed by atoms with E-state index in [0.29, 0.717) is 30.0 Å². The first-order valence-corrected chi connectivity index (χ1v) is 16.3. The molecule has 0 bridgehead atoms. The predicted octanol–water partition coefficient (Wildman–Crippen LogP) is 2.99. The van der Waals surface area contributed by atoms with Crippen LogP contribution in [-0.4, -0.2) is 83.7 Å². The van der Waals surface area contributed by atoms with Gasteiger partial charge in [-0.05, 0) is 49.3 Å². The molecule has 0 radical (unpaired) electrons. The molecule has 3 aromatic heterocycles. The number of nitrogens with one attached hydrogen (secondary N) is 2. The maximum Gasteiger partial charge on any atom is 0.332 e. The largest absolute Gasteiger partial charge is 0.487 e.